The van der Waals surface area contributed by atoms with E-state index in [1.54, 1.807) is 0 Å². The minimum atomic E-state index is 0.660. The summed E-state index contributed by atoms with van der Waals surface area (Å²) in [6.45, 7) is 9.02. The van der Waals surface area contributed by atoms with Crippen molar-refractivity contribution in [2.75, 3.05) is 6.54 Å². The summed E-state index contributed by atoms with van der Waals surface area (Å²) in [6.07, 6.45) is 4.95. The van der Waals surface area contributed by atoms with Gasteiger partial charge in [0.25, 0.3) is 0 Å². The van der Waals surface area contributed by atoms with Gasteiger partial charge in [-0.2, -0.15) is 4.98 Å². The van der Waals surface area contributed by atoms with Crippen molar-refractivity contribution in [3.63, 3.8) is 0 Å². The van der Waals surface area contributed by atoms with Gasteiger partial charge in [-0.25, -0.2) is 0 Å². The summed E-state index contributed by atoms with van der Waals surface area (Å²) in [6, 6.07) is 2.12. The van der Waals surface area contributed by atoms with E-state index in [9.17, 15) is 0 Å². The van der Waals surface area contributed by atoms with Crippen LogP contribution in [0.2, 0.25) is 0 Å². The molecule has 0 spiro atoms. The Bertz CT molecular complexity index is 501. The van der Waals surface area contributed by atoms with Gasteiger partial charge in [0.15, 0.2) is 5.82 Å². The van der Waals surface area contributed by atoms with E-state index >= 15 is 0 Å². The van der Waals surface area contributed by atoms with E-state index in [-0.39, 0.29) is 0 Å². The van der Waals surface area contributed by atoms with E-state index in [1.165, 1.54) is 5.56 Å². The van der Waals surface area contributed by atoms with Gasteiger partial charge in [0.1, 0.15) is 0 Å². The Morgan fingerprint density at radius 2 is 2.26 bits per heavy atom. The Balaban J connectivity index is 1.86. The van der Waals surface area contributed by atoms with Crippen LogP contribution in [0.15, 0.2) is 23.0 Å². The molecule has 0 aliphatic carbocycles. The fourth-order valence-electron chi connectivity index (χ4n) is 1.86. The van der Waals surface area contributed by atoms with Crippen LogP contribution in [0.1, 0.15) is 38.0 Å². The lowest BCUT2D eigenvalue weighted by molar-refractivity contribution is 0.375. The average molecular weight is 262 g/mol. The van der Waals surface area contributed by atoms with Gasteiger partial charge in [0.05, 0.1) is 6.54 Å². The van der Waals surface area contributed by atoms with Crippen LogP contribution < -0.4 is 5.32 Å². The van der Waals surface area contributed by atoms with Crippen molar-refractivity contribution in [3.8, 4) is 0 Å². The largest absolute Gasteiger partial charge is 0.346 e. The first kappa shape index (κ1) is 13.8. The normalized spacial score (nSPS) is 11.4. The monoisotopic (exact) mass is 262 g/mol. The Morgan fingerprint density at radius 3 is 2.95 bits per heavy atom. The number of hydrogen-bond donors (Lipinski definition) is 1. The van der Waals surface area contributed by atoms with E-state index < -0.39 is 0 Å². The molecule has 0 radical (unpaired) electrons. The molecule has 0 saturated heterocycles. The standard InChI is InChI=1S/C14H22N4O/c1-4-14-16-13(17-19-14)10-18-6-5-12(9-18)8-15-7-11(2)3/h5-6,9,11,15H,4,7-8,10H2,1-3H3. The quantitative estimate of drug-likeness (QED) is 0.831. The summed E-state index contributed by atoms with van der Waals surface area (Å²) < 4.78 is 7.18. The van der Waals surface area contributed by atoms with Crippen LogP contribution in [0, 0.1) is 5.92 Å². The van der Waals surface area contributed by atoms with Crippen LogP contribution >= 0.6 is 0 Å². The van der Waals surface area contributed by atoms with E-state index in [2.05, 4.69) is 46.1 Å². The van der Waals surface area contributed by atoms with Crippen molar-refractivity contribution in [3.05, 3.63) is 35.7 Å². The van der Waals surface area contributed by atoms with E-state index in [0.29, 0.717) is 18.4 Å². The molecule has 0 aliphatic heterocycles. The Morgan fingerprint density at radius 1 is 1.42 bits per heavy atom. The second-order valence-corrected chi connectivity index (χ2v) is 5.17. The fraction of sp³-hybridized carbons (Fsp3) is 0.571. The average Bonchev–Trinajstić information content (AvgIpc) is 2.99. The zero-order valence-corrected chi connectivity index (χ0v) is 11.9. The molecule has 2 rings (SSSR count). The highest BCUT2D eigenvalue weighted by Gasteiger charge is 2.05. The first-order valence-electron chi connectivity index (χ1n) is 6.84. The minimum Gasteiger partial charge on any atom is -0.346 e. The Kier molecular flexibility index (Phi) is 4.74. The maximum atomic E-state index is 5.10. The molecular weight excluding hydrogens is 240 g/mol. The van der Waals surface area contributed by atoms with Crippen LogP contribution in [0.5, 0.6) is 0 Å². The van der Waals surface area contributed by atoms with Gasteiger partial charge >= 0.3 is 0 Å². The Labute approximate surface area is 114 Å². The molecule has 0 aromatic carbocycles. The molecule has 0 atom stereocenters. The van der Waals surface area contributed by atoms with Crippen molar-refractivity contribution in [2.45, 2.75) is 40.3 Å². The van der Waals surface area contributed by atoms with Crippen LogP contribution in [0.25, 0.3) is 0 Å². The molecule has 0 saturated carbocycles. The first-order chi connectivity index (χ1) is 9.17. The molecule has 0 unspecified atom stereocenters. The van der Waals surface area contributed by atoms with Gasteiger partial charge < -0.3 is 14.4 Å². The first-order valence-corrected chi connectivity index (χ1v) is 6.84. The summed E-state index contributed by atoms with van der Waals surface area (Å²) in [5.74, 6) is 2.10. The van der Waals surface area contributed by atoms with Gasteiger partial charge in [-0.05, 0) is 24.1 Å². The zero-order chi connectivity index (χ0) is 13.7. The van der Waals surface area contributed by atoms with Crippen LogP contribution in [-0.4, -0.2) is 21.3 Å². The number of rotatable bonds is 7. The van der Waals surface area contributed by atoms with E-state index in [1.807, 2.05) is 13.1 Å². The van der Waals surface area contributed by atoms with Gasteiger partial charge in [0.2, 0.25) is 5.89 Å². The molecule has 0 fully saturated rings. The highest BCUT2D eigenvalue weighted by atomic mass is 16.5. The van der Waals surface area contributed by atoms with Crippen molar-refractivity contribution in [2.24, 2.45) is 5.92 Å². The summed E-state index contributed by atoms with van der Waals surface area (Å²) in [5, 5.41) is 7.38. The maximum absolute atomic E-state index is 5.10. The van der Waals surface area contributed by atoms with Crippen LogP contribution in [0.4, 0.5) is 0 Å². The van der Waals surface area contributed by atoms with Crippen molar-refractivity contribution < 1.29 is 4.52 Å². The third-order valence-electron chi connectivity index (χ3n) is 2.83. The summed E-state index contributed by atoms with van der Waals surface area (Å²) in [5.41, 5.74) is 1.28. The third kappa shape index (κ3) is 4.21. The summed E-state index contributed by atoms with van der Waals surface area (Å²) in [4.78, 5) is 4.30. The van der Waals surface area contributed by atoms with Crippen LogP contribution in [-0.2, 0) is 19.5 Å². The van der Waals surface area contributed by atoms with E-state index in [4.69, 9.17) is 4.52 Å². The lowest BCUT2D eigenvalue weighted by Gasteiger charge is -2.05. The number of nitrogens with zero attached hydrogens (tertiary/aromatic N) is 3. The predicted octanol–water partition coefficient (Wildman–Crippen LogP) is 2.23. The molecule has 5 heteroatoms. The number of hydrogen-bond acceptors (Lipinski definition) is 4. The molecule has 19 heavy (non-hydrogen) atoms. The number of aryl methyl sites for hydroxylation is 1. The maximum Gasteiger partial charge on any atom is 0.226 e. The van der Waals surface area contributed by atoms with Crippen LogP contribution in [0.3, 0.4) is 0 Å². The summed E-state index contributed by atoms with van der Waals surface area (Å²) >= 11 is 0. The molecule has 0 bridgehead atoms. The highest BCUT2D eigenvalue weighted by Crippen LogP contribution is 2.05. The molecule has 2 aromatic heterocycles. The fourth-order valence-corrected chi connectivity index (χ4v) is 1.86. The second kappa shape index (κ2) is 6.52. The number of nitrogens with one attached hydrogen (secondary N) is 1. The predicted molar refractivity (Wildman–Crippen MR) is 73.8 cm³/mol. The highest BCUT2D eigenvalue weighted by molar-refractivity contribution is 5.10. The summed E-state index contributed by atoms with van der Waals surface area (Å²) in [7, 11) is 0. The van der Waals surface area contributed by atoms with Gasteiger partial charge in [0, 0.05) is 25.4 Å². The molecule has 104 valence electrons. The minimum absolute atomic E-state index is 0.660. The molecule has 2 heterocycles. The van der Waals surface area contributed by atoms with Crippen molar-refractivity contribution in [1.82, 2.24) is 20.0 Å². The molecule has 0 aliphatic rings. The topological polar surface area (TPSA) is 55.9 Å². The third-order valence-corrected chi connectivity index (χ3v) is 2.83. The van der Waals surface area contributed by atoms with Gasteiger partial charge in [-0.1, -0.05) is 25.9 Å². The lowest BCUT2D eigenvalue weighted by atomic mass is 10.2. The smallest absolute Gasteiger partial charge is 0.226 e. The number of aromatic nitrogens is 3. The van der Waals surface area contributed by atoms with Crippen molar-refractivity contribution in [1.29, 1.82) is 0 Å². The zero-order valence-electron chi connectivity index (χ0n) is 11.9. The van der Waals surface area contributed by atoms with E-state index in [0.717, 1.165) is 25.3 Å². The SMILES string of the molecule is CCc1nc(Cn2ccc(CNCC(C)C)c2)no1. The second-order valence-electron chi connectivity index (χ2n) is 5.17. The van der Waals surface area contributed by atoms with Gasteiger partial charge in [-0.3, -0.25) is 0 Å². The molecule has 2 aromatic rings. The molecular formula is C14H22N4O. The Hall–Kier alpha value is -1.62. The molecule has 1 N–H and O–H groups in total. The molecule has 5 nitrogen and oxygen atoms in total. The lowest BCUT2D eigenvalue weighted by Crippen LogP contribution is -2.18. The van der Waals surface area contributed by atoms with Crippen molar-refractivity contribution >= 4 is 0 Å². The van der Waals surface area contributed by atoms with Gasteiger partial charge in [-0.15, -0.1) is 0 Å². The molecule has 0 amide bonds.